The van der Waals surface area contributed by atoms with Crippen molar-refractivity contribution in [2.45, 2.75) is 19.1 Å². The number of likely N-dealkylation sites (N-methyl/N-ethyl adjacent to an activating group) is 1. The number of anilines is 1. The fourth-order valence-corrected chi connectivity index (χ4v) is 3.58. The van der Waals surface area contributed by atoms with Crippen molar-refractivity contribution in [3.05, 3.63) is 46.2 Å². The number of nitrogens with zero attached hydrogens (tertiary/aromatic N) is 2. The molecule has 1 heterocycles. The van der Waals surface area contributed by atoms with Crippen LogP contribution >= 0.6 is 23.1 Å². The molecular formula is C17H20FN3O2S2. The van der Waals surface area contributed by atoms with Crippen LogP contribution in [0.5, 0.6) is 0 Å². The van der Waals surface area contributed by atoms with Gasteiger partial charge >= 0.3 is 0 Å². The van der Waals surface area contributed by atoms with E-state index in [1.807, 2.05) is 12.3 Å². The fraction of sp³-hybridized carbons (Fsp3) is 0.353. The second kappa shape index (κ2) is 9.53. The molecule has 2 amide bonds. The molecule has 5 nitrogen and oxygen atoms in total. The Kier molecular flexibility index (Phi) is 7.39. The molecular weight excluding hydrogens is 361 g/mol. The van der Waals surface area contributed by atoms with Crippen molar-refractivity contribution < 1.29 is 14.0 Å². The van der Waals surface area contributed by atoms with Crippen LogP contribution in [0.25, 0.3) is 0 Å². The highest BCUT2D eigenvalue weighted by molar-refractivity contribution is 7.98. The molecule has 0 unspecified atom stereocenters. The third-order valence-electron chi connectivity index (χ3n) is 3.31. The van der Waals surface area contributed by atoms with Gasteiger partial charge in [-0.2, -0.15) is 11.8 Å². The second-order valence-corrected chi connectivity index (χ2v) is 7.63. The maximum atomic E-state index is 12.8. The molecule has 0 aliphatic heterocycles. The molecule has 1 aromatic carbocycles. The average molecular weight is 381 g/mol. The number of aryl methyl sites for hydroxylation is 1. The first kappa shape index (κ1) is 19.4. The monoisotopic (exact) mass is 381 g/mol. The molecule has 0 radical (unpaired) electrons. The lowest BCUT2D eigenvalue weighted by atomic mass is 10.3. The number of aromatic nitrogens is 1. The molecule has 0 saturated carbocycles. The molecule has 134 valence electrons. The quantitative estimate of drug-likeness (QED) is 0.713. The third-order valence-corrected chi connectivity index (χ3v) is 5.13. The number of hydrogen-bond donors (Lipinski definition) is 1. The summed E-state index contributed by atoms with van der Waals surface area (Å²) in [6, 6.07) is 5.49. The van der Waals surface area contributed by atoms with E-state index in [2.05, 4.69) is 10.3 Å². The van der Waals surface area contributed by atoms with Crippen molar-refractivity contribution in [2.24, 2.45) is 0 Å². The minimum absolute atomic E-state index is 0.0356. The van der Waals surface area contributed by atoms with E-state index in [1.165, 1.54) is 29.2 Å². The molecule has 1 N–H and O–H groups in total. The number of thiazole rings is 1. The van der Waals surface area contributed by atoms with Gasteiger partial charge < -0.3 is 10.2 Å². The number of thioether (sulfide) groups is 1. The Balaban J connectivity index is 1.66. The van der Waals surface area contributed by atoms with Gasteiger partial charge in [0.05, 0.1) is 17.2 Å². The molecule has 2 rings (SSSR count). The minimum Gasteiger partial charge on any atom is -0.336 e. The normalized spacial score (nSPS) is 10.5. The summed E-state index contributed by atoms with van der Waals surface area (Å²) in [5.74, 6) is 0.700. The van der Waals surface area contributed by atoms with Crippen molar-refractivity contribution >= 4 is 40.6 Å². The summed E-state index contributed by atoms with van der Waals surface area (Å²) in [4.78, 5) is 29.7. The molecule has 0 atom stereocenters. The van der Waals surface area contributed by atoms with Crippen molar-refractivity contribution in [1.82, 2.24) is 9.88 Å². The minimum atomic E-state index is -0.365. The van der Waals surface area contributed by atoms with Gasteiger partial charge in [-0.1, -0.05) is 0 Å². The topological polar surface area (TPSA) is 62.3 Å². The van der Waals surface area contributed by atoms with Crippen LogP contribution < -0.4 is 5.32 Å². The number of hydrogen-bond acceptors (Lipinski definition) is 5. The van der Waals surface area contributed by atoms with Gasteiger partial charge in [0.2, 0.25) is 11.8 Å². The van der Waals surface area contributed by atoms with Crippen molar-refractivity contribution in [3.8, 4) is 0 Å². The summed E-state index contributed by atoms with van der Waals surface area (Å²) in [6.45, 7) is 1.93. The van der Waals surface area contributed by atoms with E-state index in [9.17, 15) is 14.0 Å². The largest absolute Gasteiger partial charge is 0.336 e. The molecule has 0 spiro atoms. The highest BCUT2D eigenvalue weighted by atomic mass is 32.2. The van der Waals surface area contributed by atoms with Gasteiger partial charge in [-0.15, -0.1) is 11.3 Å². The van der Waals surface area contributed by atoms with Gasteiger partial charge in [0, 0.05) is 36.0 Å². The summed E-state index contributed by atoms with van der Waals surface area (Å²) < 4.78 is 12.8. The first-order valence-electron chi connectivity index (χ1n) is 7.72. The summed E-state index contributed by atoms with van der Waals surface area (Å²) >= 11 is 3.27. The van der Waals surface area contributed by atoms with Crippen LogP contribution in [0.4, 0.5) is 10.1 Å². The van der Waals surface area contributed by atoms with Crippen molar-refractivity contribution in [2.75, 3.05) is 24.7 Å². The Bertz CT molecular complexity index is 719. The van der Waals surface area contributed by atoms with Crippen LogP contribution in [-0.4, -0.2) is 41.0 Å². The van der Waals surface area contributed by atoms with Gasteiger partial charge in [0.25, 0.3) is 0 Å². The van der Waals surface area contributed by atoms with Gasteiger partial charge in [-0.3, -0.25) is 9.59 Å². The molecule has 8 heteroatoms. The Labute approximate surface area is 154 Å². The van der Waals surface area contributed by atoms with E-state index < -0.39 is 0 Å². The lowest BCUT2D eigenvalue weighted by Gasteiger charge is -2.16. The number of carbonyl (C=O) groups is 2. The van der Waals surface area contributed by atoms with Gasteiger partial charge in [0.15, 0.2) is 0 Å². The fourth-order valence-electron chi connectivity index (χ4n) is 2.04. The number of carbonyl (C=O) groups excluding carboxylic acids is 2. The van der Waals surface area contributed by atoms with Gasteiger partial charge in [-0.05, 0) is 31.2 Å². The molecule has 1 aromatic heterocycles. The van der Waals surface area contributed by atoms with Gasteiger partial charge in [-0.25, -0.2) is 9.37 Å². The first-order chi connectivity index (χ1) is 11.9. The molecule has 25 heavy (non-hydrogen) atoms. The maximum Gasteiger partial charge on any atom is 0.243 e. The summed E-state index contributed by atoms with van der Waals surface area (Å²) in [6.07, 6.45) is 0.369. The molecule has 0 aliphatic rings. The zero-order valence-electron chi connectivity index (χ0n) is 14.1. The standard InChI is InChI=1S/C17H20FN3O2S2/c1-12-19-15(11-25-12)10-24-8-7-17(23)21(2)9-16(22)20-14-5-3-13(18)4-6-14/h3-6,11H,7-10H2,1-2H3,(H,20,22). The summed E-state index contributed by atoms with van der Waals surface area (Å²) in [7, 11) is 1.60. The van der Waals surface area contributed by atoms with E-state index in [1.54, 1.807) is 30.1 Å². The van der Waals surface area contributed by atoms with Crippen molar-refractivity contribution in [1.29, 1.82) is 0 Å². The van der Waals surface area contributed by atoms with Crippen LogP contribution in [0.15, 0.2) is 29.6 Å². The Morgan fingerprint density at radius 3 is 2.68 bits per heavy atom. The van der Waals surface area contributed by atoms with Gasteiger partial charge in [0.1, 0.15) is 5.82 Å². The molecule has 0 saturated heterocycles. The second-order valence-electron chi connectivity index (χ2n) is 5.47. The molecule has 2 aromatic rings. The number of amides is 2. The van der Waals surface area contributed by atoms with E-state index in [4.69, 9.17) is 0 Å². The van der Waals surface area contributed by atoms with Crippen LogP contribution in [0, 0.1) is 12.7 Å². The zero-order valence-corrected chi connectivity index (χ0v) is 15.8. The van der Waals surface area contributed by atoms with Crippen LogP contribution in [0.3, 0.4) is 0 Å². The van der Waals surface area contributed by atoms with Crippen LogP contribution in [0.1, 0.15) is 17.1 Å². The number of benzene rings is 1. The lowest BCUT2D eigenvalue weighted by molar-refractivity contribution is -0.132. The van der Waals surface area contributed by atoms with E-state index in [0.717, 1.165) is 16.5 Å². The zero-order chi connectivity index (χ0) is 18.2. The maximum absolute atomic E-state index is 12.8. The Morgan fingerprint density at radius 1 is 1.32 bits per heavy atom. The van der Waals surface area contributed by atoms with E-state index in [-0.39, 0.29) is 24.2 Å². The highest BCUT2D eigenvalue weighted by Crippen LogP contribution is 2.16. The highest BCUT2D eigenvalue weighted by Gasteiger charge is 2.13. The van der Waals surface area contributed by atoms with E-state index >= 15 is 0 Å². The predicted octanol–water partition coefficient (Wildman–Crippen LogP) is 3.31. The van der Waals surface area contributed by atoms with Crippen LogP contribution in [0.2, 0.25) is 0 Å². The third kappa shape index (κ3) is 6.83. The summed E-state index contributed by atoms with van der Waals surface area (Å²) in [5, 5.41) is 5.70. The number of nitrogens with one attached hydrogen (secondary N) is 1. The predicted molar refractivity (Wildman–Crippen MR) is 100 cm³/mol. The summed E-state index contributed by atoms with van der Waals surface area (Å²) in [5.41, 5.74) is 1.54. The Morgan fingerprint density at radius 2 is 2.04 bits per heavy atom. The smallest absolute Gasteiger partial charge is 0.243 e. The first-order valence-corrected chi connectivity index (χ1v) is 9.75. The Hall–Kier alpha value is -1.93. The number of rotatable bonds is 8. The molecule has 0 aliphatic carbocycles. The molecule has 0 bridgehead atoms. The number of halogens is 1. The van der Waals surface area contributed by atoms with Crippen molar-refractivity contribution in [3.63, 3.8) is 0 Å². The lowest BCUT2D eigenvalue weighted by Crippen LogP contribution is -2.35. The SMILES string of the molecule is Cc1nc(CSCCC(=O)N(C)CC(=O)Nc2ccc(F)cc2)cs1. The van der Waals surface area contributed by atoms with Crippen LogP contribution in [-0.2, 0) is 15.3 Å². The molecule has 0 fully saturated rings. The van der Waals surface area contributed by atoms with E-state index in [0.29, 0.717) is 17.9 Å². The average Bonchev–Trinajstić information content (AvgIpc) is 2.98.